The first-order valence-electron chi connectivity index (χ1n) is 9.33. The molecule has 6 nitrogen and oxygen atoms in total. The van der Waals surface area contributed by atoms with Gasteiger partial charge in [0.05, 0.1) is 6.54 Å². The van der Waals surface area contributed by atoms with E-state index in [0.29, 0.717) is 5.96 Å². The molecule has 0 bridgehead atoms. The van der Waals surface area contributed by atoms with Crippen LogP contribution in [0.1, 0.15) is 39.2 Å². The lowest BCUT2D eigenvalue weighted by molar-refractivity contribution is -0.121. The van der Waals surface area contributed by atoms with Crippen LogP contribution in [0.5, 0.6) is 0 Å². The summed E-state index contributed by atoms with van der Waals surface area (Å²) >= 11 is 3.51. The number of hydrogen-bond donors (Lipinski definition) is 3. The molecule has 0 atom stereocenters. The number of nitrogens with one attached hydrogen (secondary N) is 3. The molecule has 1 aliphatic heterocycles. The van der Waals surface area contributed by atoms with E-state index in [-0.39, 0.29) is 47.4 Å². The van der Waals surface area contributed by atoms with Gasteiger partial charge in [-0.05, 0) is 51.3 Å². The standard InChI is InChI=1S/C20H31BrN4O2.HI/c1-19(2,3)25-17(26)13-23-18(22-4)24-14-20(9-11-27-12-10-20)15-5-7-16(21)8-6-15;/h5-8H,9-14H2,1-4H3,(H,25,26)(H2,22,23,24);1H. The fraction of sp³-hybridized carbons (Fsp3) is 0.600. The molecule has 8 heteroatoms. The van der Waals surface area contributed by atoms with E-state index in [1.165, 1.54) is 5.56 Å². The summed E-state index contributed by atoms with van der Waals surface area (Å²) in [5, 5.41) is 9.44. The van der Waals surface area contributed by atoms with Crippen LogP contribution in [-0.2, 0) is 14.9 Å². The summed E-state index contributed by atoms with van der Waals surface area (Å²) in [4.78, 5) is 16.3. The van der Waals surface area contributed by atoms with Crippen LogP contribution in [0.2, 0.25) is 0 Å². The maximum absolute atomic E-state index is 12.0. The molecule has 0 spiro atoms. The normalized spacial score (nSPS) is 16.7. The monoisotopic (exact) mass is 566 g/mol. The number of guanidine groups is 1. The van der Waals surface area contributed by atoms with Gasteiger partial charge in [-0.1, -0.05) is 28.1 Å². The highest BCUT2D eigenvalue weighted by Gasteiger charge is 2.34. The van der Waals surface area contributed by atoms with Crippen LogP contribution in [0.25, 0.3) is 0 Å². The van der Waals surface area contributed by atoms with Gasteiger partial charge in [0.1, 0.15) is 0 Å². The summed E-state index contributed by atoms with van der Waals surface area (Å²) < 4.78 is 6.67. The SMILES string of the molecule is CN=C(NCC(=O)NC(C)(C)C)NCC1(c2ccc(Br)cc2)CCOCC1.I. The average molecular weight is 567 g/mol. The van der Waals surface area contributed by atoms with Crippen molar-refractivity contribution in [3.8, 4) is 0 Å². The third-order valence-electron chi connectivity index (χ3n) is 4.66. The van der Waals surface area contributed by atoms with Crippen molar-refractivity contribution in [1.29, 1.82) is 0 Å². The molecule has 1 fully saturated rings. The second-order valence-corrected chi connectivity index (χ2v) is 8.89. The van der Waals surface area contributed by atoms with Crippen molar-refractivity contribution in [3.05, 3.63) is 34.3 Å². The number of aliphatic imine (C=N–C) groups is 1. The van der Waals surface area contributed by atoms with E-state index in [1.54, 1.807) is 7.05 Å². The highest BCUT2D eigenvalue weighted by Crippen LogP contribution is 2.34. The third kappa shape index (κ3) is 7.87. The van der Waals surface area contributed by atoms with Crippen molar-refractivity contribution < 1.29 is 9.53 Å². The zero-order valence-electron chi connectivity index (χ0n) is 17.1. The Morgan fingerprint density at radius 2 is 1.79 bits per heavy atom. The van der Waals surface area contributed by atoms with Gasteiger partial charge in [0.25, 0.3) is 0 Å². The number of benzene rings is 1. The highest BCUT2D eigenvalue weighted by molar-refractivity contribution is 14.0. The quantitative estimate of drug-likeness (QED) is 0.291. The fourth-order valence-corrected chi connectivity index (χ4v) is 3.50. The van der Waals surface area contributed by atoms with E-state index in [9.17, 15) is 4.79 Å². The lowest BCUT2D eigenvalue weighted by Gasteiger charge is -2.38. The summed E-state index contributed by atoms with van der Waals surface area (Å²) in [5.74, 6) is 0.571. The van der Waals surface area contributed by atoms with Crippen molar-refractivity contribution in [2.75, 3.05) is 33.4 Å². The van der Waals surface area contributed by atoms with Crippen molar-refractivity contribution in [2.45, 2.75) is 44.6 Å². The van der Waals surface area contributed by atoms with Gasteiger partial charge in [0.15, 0.2) is 5.96 Å². The zero-order chi connectivity index (χ0) is 19.9. The second-order valence-electron chi connectivity index (χ2n) is 7.98. The van der Waals surface area contributed by atoms with E-state index < -0.39 is 0 Å². The van der Waals surface area contributed by atoms with Crippen LogP contribution in [0.15, 0.2) is 33.7 Å². The predicted octanol–water partition coefficient (Wildman–Crippen LogP) is 3.20. The molecule has 0 aromatic heterocycles. The summed E-state index contributed by atoms with van der Waals surface area (Å²) in [6.07, 6.45) is 1.90. The molecule has 28 heavy (non-hydrogen) atoms. The van der Waals surface area contributed by atoms with Gasteiger partial charge in [-0.25, -0.2) is 0 Å². The van der Waals surface area contributed by atoms with Gasteiger partial charge in [-0.3, -0.25) is 9.79 Å². The topological polar surface area (TPSA) is 74.8 Å². The number of carbonyl (C=O) groups is 1. The number of halogens is 2. The minimum atomic E-state index is -0.247. The van der Waals surface area contributed by atoms with Gasteiger partial charge in [-0.15, -0.1) is 24.0 Å². The fourth-order valence-electron chi connectivity index (χ4n) is 3.23. The lowest BCUT2D eigenvalue weighted by atomic mass is 9.74. The minimum Gasteiger partial charge on any atom is -0.381 e. The Morgan fingerprint density at radius 1 is 1.18 bits per heavy atom. The highest BCUT2D eigenvalue weighted by atomic mass is 127. The summed E-state index contributed by atoms with van der Waals surface area (Å²) in [7, 11) is 1.72. The molecule has 1 aromatic carbocycles. The Hall–Kier alpha value is -0.870. The maximum atomic E-state index is 12.0. The van der Waals surface area contributed by atoms with E-state index in [4.69, 9.17) is 4.74 Å². The number of nitrogens with zero attached hydrogens (tertiary/aromatic N) is 1. The molecular formula is C20H32BrIN4O2. The lowest BCUT2D eigenvalue weighted by Crippen LogP contribution is -2.51. The first kappa shape index (κ1) is 25.2. The number of amides is 1. The number of rotatable bonds is 5. The van der Waals surface area contributed by atoms with Gasteiger partial charge in [0.2, 0.25) is 5.91 Å². The number of hydrogen-bond acceptors (Lipinski definition) is 3. The van der Waals surface area contributed by atoms with Gasteiger partial charge < -0.3 is 20.7 Å². The van der Waals surface area contributed by atoms with E-state index in [1.807, 2.05) is 20.8 Å². The Bertz CT molecular complexity index is 653. The van der Waals surface area contributed by atoms with Crippen molar-refractivity contribution in [3.63, 3.8) is 0 Å². The smallest absolute Gasteiger partial charge is 0.239 e. The molecule has 1 aliphatic rings. The van der Waals surface area contributed by atoms with Crippen LogP contribution in [0, 0.1) is 0 Å². The van der Waals surface area contributed by atoms with Crippen molar-refractivity contribution >= 4 is 51.8 Å². The first-order valence-corrected chi connectivity index (χ1v) is 10.1. The van der Waals surface area contributed by atoms with E-state index >= 15 is 0 Å². The van der Waals surface area contributed by atoms with Gasteiger partial charge in [-0.2, -0.15) is 0 Å². The van der Waals surface area contributed by atoms with Crippen LogP contribution in [0.4, 0.5) is 0 Å². The van der Waals surface area contributed by atoms with E-state index in [2.05, 4.69) is 61.1 Å². The molecule has 158 valence electrons. The maximum Gasteiger partial charge on any atom is 0.239 e. The number of carbonyl (C=O) groups excluding carboxylic acids is 1. The second kappa shape index (κ2) is 11.3. The number of ether oxygens (including phenoxy) is 1. The molecule has 1 heterocycles. The molecule has 0 aliphatic carbocycles. The first-order chi connectivity index (χ1) is 12.7. The van der Waals surface area contributed by atoms with Gasteiger partial charge >= 0.3 is 0 Å². The Morgan fingerprint density at radius 3 is 2.32 bits per heavy atom. The minimum absolute atomic E-state index is 0. The summed E-state index contributed by atoms with van der Waals surface area (Å²) in [6.45, 7) is 8.31. The molecule has 1 saturated heterocycles. The van der Waals surface area contributed by atoms with Crippen LogP contribution < -0.4 is 16.0 Å². The Labute approximate surface area is 193 Å². The van der Waals surface area contributed by atoms with Crippen LogP contribution >= 0.6 is 39.9 Å². The molecule has 0 unspecified atom stereocenters. The van der Waals surface area contributed by atoms with Crippen LogP contribution in [0.3, 0.4) is 0 Å². The molecule has 1 aromatic rings. The summed E-state index contributed by atoms with van der Waals surface area (Å²) in [5.41, 5.74) is 1.04. The molecule has 0 radical (unpaired) electrons. The Kier molecular flexibility index (Phi) is 10.2. The summed E-state index contributed by atoms with van der Waals surface area (Å²) in [6, 6.07) is 8.50. The third-order valence-corrected chi connectivity index (χ3v) is 5.18. The average Bonchev–Trinajstić information content (AvgIpc) is 2.61. The van der Waals surface area contributed by atoms with Crippen molar-refractivity contribution in [1.82, 2.24) is 16.0 Å². The van der Waals surface area contributed by atoms with Crippen LogP contribution in [-0.4, -0.2) is 50.8 Å². The van der Waals surface area contributed by atoms with Crippen molar-refractivity contribution in [2.24, 2.45) is 4.99 Å². The zero-order valence-corrected chi connectivity index (χ0v) is 21.0. The van der Waals surface area contributed by atoms with E-state index in [0.717, 1.165) is 37.1 Å². The molecule has 0 saturated carbocycles. The molecular weight excluding hydrogens is 535 g/mol. The Balaban J connectivity index is 0.00000392. The predicted molar refractivity (Wildman–Crippen MR) is 129 cm³/mol. The molecule has 1 amide bonds. The largest absolute Gasteiger partial charge is 0.381 e. The molecule has 3 N–H and O–H groups in total. The van der Waals surface area contributed by atoms with Gasteiger partial charge in [0, 0.05) is 42.2 Å². The molecule has 2 rings (SSSR count).